The highest BCUT2D eigenvalue weighted by Gasteiger charge is 2.68. The van der Waals surface area contributed by atoms with Crippen molar-refractivity contribution in [2.45, 2.75) is 56.4 Å². The van der Waals surface area contributed by atoms with Gasteiger partial charge in [0.25, 0.3) is 0 Å². The number of halogens is 10. The summed E-state index contributed by atoms with van der Waals surface area (Å²) in [5.41, 5.74) is 0. The van der Waals surface area contributed by atoms with Crippen LogP contribution in [0, 0.1) is 0 Å². The molecule has 0 saturated carbocycles. The fraction of sp³-hybridized carbons (Fsp3) is 1.00. The molecule has 0 aliphatic rings. The van der Waals surface area contributed by atoms with Gasteiger partial charge in [0.15, 0.2) is 0 Å². The maximum Gasteiger partial charge on any atom is 0.495 e. The first-order chi connectivity index (χ1) is 14.8. The molecule has 0 radical (unpaired) electrons. The van der Waals surface area contributed by atoms with E-state index in [2.05, 4.69) is 23.3 Å². The van der Waals surface area contributed by atoms with Gasteiger partial charge in [0.2, 0.25) is 0 Å². The molecule has 0 aromatic heterocycles. The van der Waals surface area contributed by atoms with E-state index in [0.717, 1.165) is 0 Å². The molecule has 0 fully saturated rings. The van der Waals surface area contributed by atoms with Gasteiger partial charge < -0.3 is 19.6 Å². The first kappa shape index (κ1) is 33.4. The molecular formula is C11H16F10O11P2. The van der Waals surface area contributed by atoms with Crippen molar-refractivity contribution in [3.8, 4) is 0 Å². The molecule has 0 bridgehead atoms. The van der Waals surface area contributed by atoms with Crippen molar-refractivity contribution < 1.29 is 95.9 Å². The predicted octanol–water partition coefficient (Wildman–Crippen LogP) is 3.74. The zero-order chi connectivity index (χ0) is 27.3. The van der Waals surface area contributed by atoms with Crippen molar-refractivity contribution in [3.05, 3.63) is 0 Å². The number of phosphoric ester groups is 2. The molecule has 0 heterocycles. The van der Waals surface area contributed by atoms with Gasteiger partial charge in [0.05, 0.1) is 13.2 Å². The predicted molar refractivity (Wildman–Crippen MR) is 82.5 cm³/mol. The van der Waals surface area contributed by atoms with Gasteiger partial charge in [-0.15, -0.1) is 8.78 Å². The van der Waals surface area contributed by atoms with Gasteiger partial charge >= 0.3 is 46.4 Å². The summed E-state index contributed by atoms with van der Waals surface area (Å²) < 4.78 is 168. The Morgan fingerprint density at radius 3 is 1.24 bits per heavy atom. The second kappa shape index (κ2) is 11.6. The molecule has 4 N–H and O–H groups in total. The Balaban J connectivity index is 5.00. The molecule has 34 heavy (non-hydrogen) atoms. The first-order valence-electron chi connectivity index (χ1n) is 8.18. The summed E-state index contributed by atoms with van der Waals surface area (Å²) >= 11 is 0. The van der Waals surface area contributed by atoms with E-state index in [1.165, 1.54) is 0 Å². The molecule has 0 atom stereocenters. The fourth-order valence-electron chi connectivity index (χ4n) is 1.68. The van der Waals surface area contributed by atoms with Crippen LogP contribution >= 0.6 is 15.6 Å². The zero-order valence-electron chi connectivity index (χ0n) is 16.1. The molecular weight excluding hydrogens is 560 g/mol. The quantitative estimate of drug-likeness (QED) is 0.0865. The Morgan fingerprint density at radius 2 is 0.882 bits per heavy atom. The van der Waals surface area contributed by atoms with Crippen LogP contribution in [-0.4, -0.2) is 63.5 Å². The van der Waals surface area contributed by atoms with E-state index in [0.29, 0.717) is 0 Å². The average molecular weight is 576 g/mol. The van der Waals surface area contributed by atoms with Crippen molar-refractivity contribution in [1.29, 1.82) is 0 Å². The highest BCUT2D eigenvalue weighted by atomic mass is 31.2. The summed E-state index contributed by atoms with van der Waals surface area (Å²) in [5.74, 6) is 0. The van der Waals surface area contributed by atoms with Gasteiger partial charge in [-0.2, -0.15) is 35.1 Å². The Hall–Kier alpha value is -0.600. The smallest absolute Gasteiger partial charge is 0.303 e. The third kappa shape index (κ3) is 14.7. The number of hydrogen-bond donors (Lipinski definition) is 4. The van der Waals surface area contributed by atoms with Crippen LogP contribution in [0.1, 0.15) is 25.7 Å². The lowest BCUT2D eigenvalue weighted by Crippen LogP contribution is -2.53. The summed E-state index contributed by atoms with van der Waals surface area (Å²) in [6, 6.07) is 0. The third-order valence-electron chi connectivity index (χ3n) is 2.87. The second-order valence-electron chi connectivity index (χ2n) is 5.93. The van der Waals surface area contributed by atoms with E-state index in [-0.39, 0.29) is 0 Å². The van der Waals surface area contributed by atoms with Crippen molar-refractivity contribution in [2.24, 2.45) is 0 Å². The maximum atomic E-state index is 13.3. The number of alkyl halides is 10. The molecule has 23 heteroatoms. The minimum Gasteiger partial charge on any atom is -0.303 e. The van der Waals surface area contributed by atoms with Crippen LogP contribution in [0.25, 0.3) is 0 Å². The first-order valence-corrected chi connectivity index (χ1v) is 11.2. The highest BCUT2D eigenvalue weighted by molar-refractivity contribution is 7.46. The second-order valence-corrected chi connectivity index (χ2v) is 8.41. The summed E-state index contributed by atoms with van der Waals surface area (Å²) in [7, 11) is -10.3. The van der Waals surface area contributed by atoms with Gasteiger partial charge in [0, 0.05) is 12.8 Å². The molecule has 0 rings (SSSR count). The van der Waals surface area contributed by atoms with Crippen molar-refractivity contribution in [1.82, 2.24) is 0 Å². The number of hydrogen-bond acceptors (Lipinski definition) is 7. The summed E-state index contributed by atoms with van der Waals surface area (Å²) in [6.45, 7) is -2.35. The topological polar surface area (TPSA) is 161 Å². The van der Waals surface area contributed by atoms with Crippen molar-refractivity contribution in [3.63, 3.8) is 0 Å². The lowest BCUT2D eigenvalue weighted by Gasteiger charge is -2.31. The van der Waals surface area contributed by atoms with Crippen LogP contribution < -0.4 is 0 Å². The SMILES string of the molecule is O=P(O)(O)OCCCC(F)(F)OC(F)(F)OC(F)(F)C(F)(F)OC(F)(F)CCCOP(=O)(O)O. The minimum absolute atomic E-state index is 1.12. The Morgan fingerprint density at radius 1 is 0.559 bits per heavy atom. The minimum atomic E-state index is -6.71. The van der Waals surface area contributed by atoms with E-state index >= 15 is 0 Å². The van der Waals surface area contributed by atoms with Crippen LogP contribution in [0.4, 0.5) is 43.9 Å². The van der Waals surface area contributed by atoms with Crippen molar-refractivity contribution in [2.75, 3.05) is 13.2 Å². The normalized spacial score (nSPS) is 15.1. The van der Waals surface area contributed by atoms with E-state index in [1.807, 2.05) is 0 Å². The molecule has 0 aliphatic carbocycles. The molecule has 0 spiro atoms. The molecule has 0 aliphatic heterocycles. The van der Waals surface area contributed by atoms with Crippen LogP contribution in [-0.2, 0) is 32.4 Å². The summed E-state index contributed by atoms with van der Waals surface area (Å²) in [5, 5.41) is 0. The number of phosphoric acid groups is 2. The Bertz CT molecular complexity index is 741. The molecule has 0 saturated heterocycles. The molecule has 206 valence electrons. The van der Waals surface area contributed by atoms with Crippen LogP contribution in [0.3, 0.4) is 0 Å². The van der Waals surface area contributed by atoms with E-state index < -0.39 is 85.3 Å². The van der Waals surface area contributed by atoms with Crippen LogP contribution in [0.2, 0.25) is 0 Å². The summed E-state index contributed by atoms with van der Waals surface area (Å²) in [6.07, 6.45) is -36.0. The molecule has 0 unspecified atom stereocenters. The van der Waals surface area contributed by atoms with Gasteiger partial charge in [-0.05, 0) is 12.8 Å². The van der Waals surface area contributed by atoms with Crippen LogP contribution in [0.5, 0.6) is 0 Å². The highest BCUT2D eigenvalue weighted by Crippen LogP contribution is 2.46. The number of rotatable bonds is 17. The molecule has 11 nitrogen and oxygen atoms in total. The zero-order valence-corrected chi connectivity index (χ0v) is 17.9. The lowest BCUT2D eigenvalue weighted by molar-refractivity contribution is -0.565. The fourth-order valence-corrected chi connectivity index (χ4v) is 2.41. The Labute approximate surface area is 182 Å². The van der Waals surface area contributed by atoms with E-state index in [1.54, 1.807) is 0 Å². The standard InChI is InChI=1S/C11H16F10O11P2/c12-7(13,3-1-5-28-33(22,23)24)30-9(16,17)10(18,19)32-11(20,21)31-8(14,15)4-2-6-29-34(25,26)27/h1-6H2,(H2,22,23,24)(H2,25,26,27). The van der Waals surface area contributed by atoms with Gasteiger partial charge in [-0.1, -0.05) is 0 Å². The van der Waals surface area contributed by atoms with Gasteiger partial charge in [-0.3, -0.25) is 9.05 Å². The van der Waals surface area contributed by atoms with Crippen molar-refractivity contribution >= 4 is 15.6 Å². The van der Waals surface area contributed by atoms with Gasteiger partial charge in [-0.25, -0.2) is 23.3 Å². The van der Waals surface area contributed by atoms with E-state index in [9.17, 15) is 53.0 Å². The monoisotopic (exact) mass is 576 g/mol. The molecule has 0 amide bonds. The van der Waals surface area contributed by atoms with Gasteiger partial charge in [0.1, 0.15) is 0 Å². The van der Waals surface area contributed by atoms with E-state index in [4.69, 9.17) is 19.6 Å². The lowest BCUT2D eigenvalue weighted by atomic mass is 10.3. The summed E-state index contributed by atoms with van der Waals surface area (Å²) in [4.78, 5) is 33.1. The maximum absolute atomic E-state index is 13.3. The number of ether oxygens (including phenoxy) is 3. The molecule has 0 aromatic carbocycles. The third-order valence-corrected chi connectivity index (χ3v) is 3.91. The average Bonchev–Trinajstić information content (AvgIpc) is 2.51. The Kier molecular flexibility index (Phi) is 11.4. The largest absolute Gasteiger partial charge is 0.495 e. The molecule has 0 aromatic rings. The van der Waals surface area contributed by atoms with Crippen LogP contribution in [0.15, 0.2) is 0 Å².